The van der Waals surface area contributed by atoms with E-state index in [2.05, 4.69) is 0 Å². The second-order valence-electron chi connectivity index (χ2n) is 8.08. The van der Waals surface area contributed by atoms with E-state index in [-0.39, 0.29) is 39.9 Å². The Morgan fingerprint density at radius 1 is 0.526 bits per heavy atom. The summed E-state index contributed by atoms with van der Waals surface area (Å²) in [6.45, 7) is 0. The third kappa shape index (κ3) is 6.00. The molecular formula is C27H18F6N2O3. The highest BCUT2D eigenvalue weighted by Crippen LogP contribution is 2.38. The van der Waals surface area contributed by atoms with Crippen molar-refractivity contribution in [2.24, 2.45) is 0 Å². The van der Waals surface area contributed by atoms with Gasteiger partial charge in [-0.25, -0.2) is 0 Å². The summed E-state index contributed by atoms with van der Waals surface area (Å²) in [6.07, 6.45) is -9.27. The van der Waals surface area contributed by atoms with E-state index in [1.165, 1.54) is 60.7 Å². The summed E-state index contributed by atoms with van der Waals surface area (Å²) in [4.78, 5) is 12.8. The Bertz CT molecular complexity index is 1350. The molecule has 0 aliphatic carbocycles. The molecule has 4 N–H and O–H groups in total. The van der Waals surface area contributed by atoms with Crippen LogP contribution in [0.3, 0.4) is 0 Å². The standard InChI is InChI=1S/C27H18F6N2O3/c28-26(29,30)21-13-19(9-11-23(21)34)37-17-5-1-15(2-6-17)25(36)16-3-7-18(8-4-16)38-20-10-12-24(35)22(14-20)27(31,32)33/h1-14H,34-35H2. The largest absolute Gasteiger partial charge is 0.457 e. The van der Waals surface area contributed by atoms with Crippen molar-refractivity contribution in [2.45, 2.75) is 12.4 Å². The molecule has 11 heteroatoms. The number of nitrogen functional groups attached to an aromatic ring is 2. The molecular weight excluding hydrogens is 514 g/mol. The molecule has 0 unspecified atom stereocenters. The third-order valence-electron chi connectivity index (χ3n) is 5.36. The molecule has 0 heterocycles. The van der Waals surface area contributed by atoms with Crippen molar-refractivity contribution >= 4 is 17.2 Å². The highest BCUT2D eigenvalue weighted by molar-refractivity contribution is 6.09. The van der Waals surface area contributed by atoms with E-state index in [9.17, 15) is 31.1 Å². The number of rotatable bonds is 6. The molecule has 0 radical (unpaired) electrons. The minimum atomic E-state index is -4.64. The minimum Gasteiger partial charge on any atom is -0.457 e. The fourth-order valence-electron chi connectivity index (χ4n) is 3.48. The van der Waals surface area contributed by atoms with Crippen LogP contribution in [0.1, 0.15) is 27.0 Å². The van der Waals surface area contributed by atoms with Crippen LogP contribution in [-0.2, 0) is 12.4 Å². The number of carbonyl (C=O) groups is 1. The van der Waals surface area contributed by atoms with Gasteiger partial charge in [0.1, 0.15) is 23.0 Å². The predicted molar refractivity (Wildman–Crippen MR) is 128 cm³/mol. The second kappa shape index (κ2) is 10.0. The molecule has 0 atom stereocenters. The number of hydrogen-bond donors (Lipinski definition) is 2. The zero-order valence-corrected chi connectivity index (χ0v) is 19.2. The fourth-order valence-corrected chi connectivity index (χ4v) is 3.48. The van der Waals surface area contributed by atoms with Crippen molar-refractivity contribution in [1.82, 2.24) is 0 Å². The molecule has 0 saturated heterocycles. The van der Waals surface area contributed by atoms with Crippen LogP contribution in [0.25, 0.3) is 0 Å². The molecule has 0 fully saturated rings. The molecule has 0 spiro atoms. The van der Waals surface area contributed by atoms with Gasteiger partial charge in [-0.3, -0.25) is 4.79 Å². The zero-order chi connectivity index (χ0) is 27.7. The van der Waals surface area contributed by atoms with Gasteiger partial charge in [0.15, 0.2) is 5.78 Å². The molecule has 0 aromatic heterocycles. The molecule has 0 amide bonds. The van der Waals surface area contributed by atoms with Crippen LogP contribution < -0.4 is 20.9 Å². The number of anilines is 2. The van der Waals surface area contributed by atoms with Crippen LogP contribution in [-0.4, -0.2) is 5.78 Å². The summed E-state index contributed by atoms with van der Waals surface area (Å²) < 4.78 is 89.2. The van der Waals surface area contributed by atoms with Crippen LogP contribution in [0.2, 0.25) is 0 Å². The maximum absolute atomic E-state index is 13.1. The van der Waals surface area contributed by atoms with E-state index in [0.717, 1.165) is 24.3 Å². The third-order valence-corrected chi connectivity index (χ3v) is 5.36. The van der Waals surface area contributed by atoms with Crippen molar-refractivity contribution in [3.05, 3.63) is 107 Å². The molecule has 4 aromatic carbocycles. The predicted octanol–water partition coefficient (Wildman–Crippen LogP) is 7.70. The van der Waals surface area contributed by atoms with E-state index in [1.54, 1.807) is 0 Å². The summed E-state index contributed by atoms with van der Waals surface area (Å²) in [5, 5.41) is 0. The smallest absolute Gasteiger partial charge is 0.418 e. The Labute approximate surface area is 212 Å². The van der Waals surface area contributed by atoms with Gasteiger partial charge in [0, 0.05) is 22.5 Å². The molecule has 0 aliphatic heterocycles. The first-order chi connectivity index (χ1) is 17.8. The van der Waals surface area contributed by atoms with Crippen molar-refractivity contribution in [3.63, 3.8) is 0 Å². The number of carbonyl (C=O) groups excluding carboxylic acids is 1. The normalized spacial score (nSPS) is 11.7. The molecule has 4 rings (SSSR count). The Hall–Kier alpha value is -4.67. The number of ketones is 1. The van der Waals surface area contributed by atoms with Crippen molar-refractivity contribution in [2.75, 3.05) is 11.5 Å². The summed E-state index contributed by atoms with van der Waals surface area (Å²) in [6, 6.07) is 17.8. The quantitative estimate of drug-likeness (QED) is 0.151. The first-order valence-corrected chi connectivity index (χ1v) is 10.9. The Balaban J connectivity index is 1.44. The SMILES string of the molecule is Nc1ccc(Oc2ccc(C(=O)c3ccc(Oc4ccc(N)c(C(F)(F)F)c4)cc3)cc2)cc1C(F)(F)F. The van der Waals surface area contributed by atoms with Gasteiger partial charge in [-0.1, -0.05) is 0 Å². The van der Waals surface area contributed by atoms with Crippen LogP contribution in [0.15, 0.2) is 84.9 Å². The lowest BCUT2D eigenvalue weighted by atomic mass is 10.0. The first kappa shape index (κ1) is 26.4. The van der Waals surface area contributed by atoms with Crippen LogP contribution >= 0.6 is 0 Å². The number of hydrogen-bond acceptors (Lipinski definition) is 5. The lowest BCUT2D eigenvalue weighted by molar-refractivity contribution is -0.137. The maximum Gasteiger partial charge on any atom is 0.418 e. The van der Waals surface area contributed by atoms with Gasteiger partial charge in [-0.2, -0.15) is 26.3 Å². The highest BCUT2D eigenvalue weighted by Gasteiger charge is 2.34. The molecule has 38 heavy (non-hydrogen) atoms. The van der Waals surface area contributed by atoms with Gasteiger partial charge in [-0.15, -0.1) is 0 Å². The number of alkyl halides is 6. The lowest BCUT2D eigenvalue weighted by Gasteiger charge is -2.13. The van der Waals surface area contributed by atoms with E-state index in [1.807, 2.05) is 0 Å². The summed E-state index contributed by atoms with van der Waals surface area (Å²) in [5.41, 5.74) is 8.41. The number of nitrogens with two attached hydrogens (primary N) is 2. The van der Waals surface area contributed by atoms with Crippen molar-refractivity contribution in [3.8, 4) is 23.0 Å². The molecule has 196 valence electrons. The van der Waals surface area contributed by atoms with Gasteiger partial charge in [0.25, 0.3) is 0 Å². The van der Waals surface area contributed by atoms with Gasteiger partial charge in [0.2, 0.25) is 0 Å². The molecule has 0 saturated carbocycles. The maximum atomic E-state index is 13.1. The second-order valence-corrected chi connectivity index (χ2v) is 8.08. The Morgan fingerprint density at radius 3 is 1.16 bits per heavy atom. The Kier molecular flexibility index (Phi) is 6.95. The summed E-state index contributed by atoms with van der Waals surface area (Å²) in [5.74, 6) is -0.133. The van der Waals surface area contributed by atoms with Gasteiger partial charge >= 0.3 is 12.4 Å². The van der Waals surface area contributed by atoms with Crippen LogP contribution in [0.5, 0.6) is 23.0 Å². The van der Waals surface area contributed by atoms with Gasteiger partial charge in [0.05, 0.1) is 11.1 Å². The average Bonchev–Trinajstić information content (AvgIpc) is 2.85. The van der Waals surface area contributed by atoms with Gasteiger partial charge < -0.3 is 20.9 Å². The highest BCUT2D eigenvalue weighted by atomic mass is 19.4. The molecule has 0 aliphatic rings. The average molecular weight is 532 g/mol. The van der Waals surface area contributed by atoms with Gasteiger partial charge in [-0.05, 0) is 84.9 Å². The number of halogens is 6. The number of benzene rings is 4. The zero-order valence-electron chi connectivity index (χ0n) is 19.2. The summed E-state index contributed by atoms with van der Waals surface area (Å²) >= 11 is 0. The monoisotopic (exact) mass is 532 g/mol. The fraction of sp³-hybridized carbons (Fsp3) is 0.0741. The van der Waals surface area contributed by atoms with E-state index < -0.39 is 34.9 Å². The van der Waals surface area contributed by atoms with E-state index in [4.69, 9.17) is 20.9 Å². The Morgan fingerprint density at radius 2 is 0.842 bits per heavy atom. The van der Waals surface area contributed by atoms with E-state index >= 15 is 0 Å². The van der Waals surface area contributed by atoms with E-state index in [0.29, 0.717) is 0 Å². The molecule has 4 aromatic rings. The van der Waals surface area contributed by atoms with Crippen molar-refractivity contribution < 1.29 is 40.6 Å². The van der Waals surface area contributed by atoms with Crippen molar-refractivity contribution in [1.29, 1.82) is 0 Å². The summed E-state index contributed by atoms with van der Waals surface area (Å²) in [7, 11) is 0. The van der Waals surface area contributed by atoms with Crippen LogP contribution in [0.4, 0.5) is 37.7 Å². The lowest BCUT2D eigenvalue weighted by Crippen LogP contribution is -2.08. The number of ether oxygens (including phenoxy) is 2. The topological polar surface area (TPSA) is 87.6 Å². The minimum absolute atomic E-state index is 0.0790. The van der Waals surface area contributed by atoms with Crippen LogP contribution in [0, 0.1) is 0 Å². The first-order valence-electron chi connectivity index (χ1n) is 10.9. The molecule has 0 bridgehead atoms. The molecule has 5 nitrogen and oxygen atoms in total.